The summed E-state index contributed by atoms with van der Waals surface area (Å²) in [4.78, 5) is 14.7. The number of carbonyl (C=O) groups excluding carboxylic acids is 1. The maximum Gasteiger partial charge on any atom is 0.251 e. The van der Waals surface area contributed by atoms with Crippen LogP contribution in [0.4, 0.5) is 5.69 Å². The summed E-state index contributed by atoms with van der Waals surface area (Å²) >= 11 is 0. The molecule has 1 unspecified atom stereocenters. The molecule has 4 nitrogen and oxygen atoms in total. The summed E-state index contributed by atoms with van der Waals surface area (Å²) in [6.45, 7) is 5.05. The van der Waals surface area contributed by atoms with E-state index < -0.39 is 0 Å². The van der Waals surface area contributed by atoms with Crippen LogP contribution in [0.1, 0.15) is 47.7 Å². The fraction of sp³-hybridized carbons (Fsp3) is 0.381. The van der Waals surface area contributed by atoms with E-state index in [1.807, 2.05) is 0 Å². The van der Waals surface area contributed by atoms with Crippen molar-refractivity contribution in [1.82, 2.24) is 10.2 Å². The molecule has 2 aromatic rings. The van der Waals surface area contributed by atoms with Gasteiger partial charge in [-0.3, -0.25) is 9.69 Å². The van der Waals surface area contributed by atoms with E-state index in [1.54, 1.807) is 24.3 Å². The average Bonchev–Trinajstić information content (AvgIpc) is 2.63. The number of benzene rings is 2. The number of hydrogen-bond acceptors (Lipinski definition) is 3. The third kappa shape index (κ3) is 4.83. The van der Waals surface area contributed by atoms with Crippen LogP contribution in [0.25, 0.3) is 0 Å². The lowest BCUT2D eigenvalue weighted by molar-refractivity contribution is 0.0951. The Bertz CT molecular complexity index is 711. The highest BCUT2D eigenvalue weighted by atomic mass is 16.1. The van der Waals surface area contributed by atoms with Crippen molar-refractivity contribution >= 4 is 11.6 Å². The summed E-state index contributed by atoms with van der Waals surface area (Å²) < 4.78 is 0. The number of likely N-dealkylation sites (tertiary alicyclic amines) is 1. The lowest BCUT2D eigenvalue weighted by Gasteiger charge is -2.33. The van der Waals surface area contributed by atoms with Gasteiger partial charge in [-0.2, -0.15) is 0 Å². The van der Waals surface area contributed by atoms with Gasteiger partial charge in [0.15, 0.2) is 0 Å². The fourth-order valence-corrected chi connectivity index (χ4v) is 3.35. The van der Waals surface area contributed by atoms with Gasteiger partial charge in [0.2, 0.25) is 0 Å². The Morgan fingerprint density at radius 3 is 2.64 bits per heavy atom. The number of rotatable bonds is 5. The van der Waals surface area contributed by atoms with Crippen molar-refractivity contribution in [2.24, 2.45) is 0 Å². The molecule has 0 radical (unpaired) electrons. The van der Waals surface area contributed by atoms with Gasteiger partial charge in [0, 0.05) is 30.4 Å². The molecule has 1 heterocycles. The van der Waals surface area contributed by atoms with E-state index in [0.29, 0.717) is 23.8 Å². The fourth-order valence-electron chi connectivity index (χ4n) is 3.35. The summed E-state index contributed by atoms with van der Waals surface area (Å²) in [6, 6.07) is 16.2. The van der Waals surface area contributed by atoms with Gasteiger partial charge < -0.3 is 11.1 Å². The second-order valence-corrected chi connectivity index (χ2v) is 6.94. The monoisotopic (exact) mass is 337 g/mol. The summed E-state index contributed by atoms with van der Waals surface area (Å²) in [7, 11) is 0. The number of nitrogen functional groups attached to an aromatic ring is 1. The first kappa shape index (κ1) is 17.5. The van der Waals surface area contributed by atoms with Gasteiger partial charge in [-0.25, -0.2) is 0 Å². The van der Waals surface area contributed by atoms with Crippen LogP contribution in [-0.4, -0.2) is 23.4 Å². The Hall–Kier alpha value is -2.33. The second kappa shape index (κ2) is 8.17. The highest BCUT2D eigenvalue weighted by Crippen LogP contribution is 2.19. The molecule has 4 heteroatoms. The van der Waals surface area contributed by atoms with E-state index in [0.717, 1.165) is 12.1 Å². The molecule has 0 aliphatic carbocycles. The summed E-state index contributed by atoms with van der Waals surface area (Å²) in [5, 5.41) is 2.95. The van der Waals surface area contributed by atoms with Crippen molar-refractivity contribution in [2.45, 2.75) is 45.3 Å². The van der Waals surface area contributed by atoms with E-state index >= 15 is 0 Å². The molecule has 3 rings (SSSR count). The Labute approximate surface area is 150 Å². The molecule has 0 aromatic heterocycles. The Kier molecular flexibility index (Phi) is 5.71. The number of piperidine rings is 1. The van der Waals surface area contributed by atoms with Gasteiger partial charge in [0.05, 0.1) is 0 Å². The zero-order valence-electron chi connectivity index (χ0n) is 14.9. The molecule has 1 saturated heterocycles. The van der Waals surface area contributed by atoms with Crippen LogP contribution in [0.15, 0.2) is 48.5 Å². The van der Waals surface area contributed by atoms with Crippen LogP contribution in [-0.2, 0) is 13.1 Å². The highest BCUT2D eigenvalue weighted by molar-refractivity contribution is 5.94. The molecule has 2 aromatic carbocycles. The van der Waals surface area contributed by atoms with Crippen LogP contribution >= 0.6 is 0 Å². The van der Waals surface area contributed by atoms with Crippen molar-refractivity contribution in [2.75, 3.05) is 12.3 Å². The van der Waals surface area contributed by atoms with Gasteiger partial charge in [-0.1, -0.05) is 36.8 Å². The largest absolute Gasteiger partial charge is 0.399 e. The van der Waals surface area contributed by atoms with Crippen LogP contribution in [0.3, 0.4) is 0 Å². The van der Waals surface area contributed by atoms with Crippen molar-refractivity contribution < 1.29 is 4.79 Å². The zero-order chi connectivity index (χ0) is 17.6. The molecule has 1 aliphatic heterocycles. The minimum Gasteiger partial charge on any atom is -0.399 e. The normalized spacial score (nSPS) is 18.0. The first-order chi connectivity index (χ1) is 12.1. The molecule has 1 fully saturated rings. The first-order valence-electron chi connectivity index (χ1n) is 9.07. The first-order valence-corrected chi connectivity index (χ1v) is 9.07. The van der Waals surface area contributed by atoms with Crippen LogP contribution in [0.2, 0.25) is 0 Å². The molecule has 1 atom stereocenters. The predicted octanol–water partition coefficient (Wildman–Crippen LogP) is 3.57. The van der Waals surface area contributed by atoms with Gasteiger partial charge in [0.1, 0.15) is 0 Å². The number of anilines is 1. The predicted molar refractivity (Wildman–Crippen MR) is 102 cm³/mol. The van der Waals surface area contributed by atoms with Crippen LogP contribution in [0, 0.1) is 0 Å². The molecule has 3 N–H and O–H groups in total. The molecule has 25 heavy (non-hydrogen) atoms. The summed E-state index contributed by atoms with van der Waals surface area (Å²) in [5.41, 5.74) is 9.35. The minimum atomic E-state index is -0.0986. The standard InChI is InChI=1S/C21H27N3O/c1-16-5-2-3-12-24(16)15-18-10-8-17(9-11-18)14-23-21(25)19-6-4-7-20(22)13-19/h4,6-11,13,16H,2-3,5,12,14-15,22H2,1H3,(H,23,25). The molecule has 1 amide bonds. The molecule has 132 valence electrons. The lowest BCUT2D eigenvalue weighted by Crippen LogP contribution is -2.36. The molecule has 0 spiro atoms. The van der Waals surface area contributed by atoms with Crippen molar-refractivity contribution in [3.8, 4) is 0 Å². The van der Waals surface area contributed by atoms with Gasteiger partial charge in [-0.05, 0) is 55.6 Å². The van der Waals surface area contributed by atoms with Crippen molar-refractivity contribution in [3.63, 3.8) is 0 Å². The maximum absolute atomic E-state index is 12.2. The number of nitrogens with zero attached hydrogens (tertiary/aromatic N) is 1. The summed E-state index contributed by atoms with van der Waals surface area (Å²) in [6.07, 6.45) is 3.95. The van der Waals surface area contributed by atoms with E-state index in [9.17, 15) is 4.79 Å². The number of nitrogens with one attached hydrogen (secondary N) is 1. The smallest absolute Gasteiger partial charge is 0.251 e. The highest BCUT2D eigenvalue weighted by Gasteiger charge is 2.17. The van der Waals surface area contributed by atoms with E-state index in [1.165, 1.54) is 31.4 Å². The SMILES string of the molecule is CC1CCCCN1Cc1ccc(CNC(=O)c2cccc(N)c2)cc1. The number of amides is 1. The second-order valence-electron chi connectivity index (χ2n) is 6.94. The Morgan fingerprint density at radius 1 is 1.16 bits per heavy atom. The van der Waals surface area contributed by atoms with Crippen molar-refractivity contribution in [1.29, 1.82) is 0 Å². The Morgan fingerprint density at radius 2 is 1.92 bits per heavy atom. The Balaban J connectivity index is 1.53. The van der Waals surface area contributed by atoms with E-state index in [4.69, 9.17) is 5.73 Å². The van der Waals surface area contributed by atoms with E-state index in [-0.39, 0.29) is 5.91 Å². The topological polar surface area (TPSA) is 58.4 Å². The molecule has 1 aliphatic rings. The summed E-state index contributed by atoms with van der Waals surface area (Å²) in [5.74, 6) is -0.0986. The van der Waals surface area contributed by atoms with Crippen LogP contribution in [0.5, 0.6) is 0 Å². The van der Waals surface area contributed by atoms with Gasteiger partial charge in [-0.15, -0.1) is 0 Å². The number of hydrogen-bond donors (Lipinski definition) is 2. The molecular weight excluding hydrogens is 310 g/mol. The molecule has 0 saturated carbocycles. The molecule has 0 bridgehead atoms. The zero-order valence-corrected chi connectivity index (χ0v) is 14.9. The number of nitrogens with two attached hydrogens (primary N) is 1. The third-order valence-electron chi connectivity index (χ3n) is 4.95. The van der Waals surface area contributed by atoms with Crippen LogP contribution < -0.4 is 11.1 Å². The molecular formula is C21H27N3O. The minimum absolute atomic E-state index is 0.0986. The average molecular weight is 337 g/mol. The number of carbonyl (C=O) groups is 1. The lowest BCUT2D eigenvalue weighted by atomic mass is 10.0. The third-order valence-corrected chi connectivity index (χ3v) is 4.95. The van der Waals surface area contributed by atoms with Crippen molar-refractivity contribution in [3.05, 3.63) is 65.2 Å². The maximum atomic E-state index is 12.2. The van der Waals surface area contributed by atoms with E-state index in [2.05, 4.69) is 41.4 Å². The van der Waals surface area contributed by atoms with Gasteiger partial charge in [0.25, 0.3) is 5.91 Å². The van der Waals surface area contributed by atoms with Gasteiger partial charge >= 0.3 is 0 Å². The quantitative estimate of drug-likeness (QED) is 0.820.